The molecule has 1 aliphatic rings. The molecule has 0 unspecified atom stereocenters. The van der Waals surface area contributed by atoms with Gasteiger partial charge in [0.2, 0.25) is 0 Å². The van der Waals surface area contributed by atoms with E-state index < -0.39 is 23.8 Å². The van der Waals surface area contributed by atoms with Gasteiger partial charge in [-0.25, -0.2) is 9.78 Å². The first kappa shape index (κ1) is 15.1. The van der Waals surface area contributed by atoms with E-state index in [9.17, 15) is 9.90 Å². The number of aryl methyl sites for hydroxylation is 1. The number of aliphatic hydroxyl groups is 1. The Bertz CT molecular complexity index is 514. The molecule has 0 fully saturated rings. The number of fused-ring (bicyclic) bond motifs is 1. The Morgan fingerprint density at radius 2 is 2.25 bits per heavy atom. The van der Waals surface area contributed by atoms with E-state index in [4.69, 9.17) is 16.3 Å². The molecule has 0 saturated heterocycles. The zero-order valence-corrected chi connectivity index (χ0v) is 12.6. The molecule has 2 N–H and O–H groups in total. The Labute approximate surface area is 123 Å². The van der Waals surface area contributed by atoms with Gasteiger partial charge in [-0.2, -0.15) is 0 Å². The lowest BCUT2D eigenvalue weighted by Crippen LogP contribution is -2.41. The number of hydrogen-bond donors (Lipinski definition) is 2. The first-order chi connectivity index (χ1) is 9.26. The predicted molar refractivity (Wildman–Crippen MR) is 75.7 cm³/mol. The van der Waals surface area contributed by atoms with Crippen LogP contribution < -0.4 is 5.32 Å². The van der Waals surface area contributed by atoms with Crippen molar-refractivity contribution in [3.8, 4) is 0 Å². The van der Waals surface area contributed by atoms with E-state index in [0.717, 1.165) is 11.1 Å². The van der Waals surface area contributed by atoms with Gasteiger partial charge in [-0.15, -0.1) is 0 Å². The topological polar surface area (TPSA) is 71.5 Å². The standard InChI is InChI=1S/C14H19ClN2O3/c1-14(2,3)20-13(19)17-12-9-7-16-11(15)6-8(9)4-5-10(12)18/h6-7,10,12,18H,4-5H2,1-3H3,(H,17,19)/t10-,12+/m1/s1. The minimum atomic E-state index is -0.655. The number of carbonyl (C=O) groups is 1. The van der Waals surface area contributed by atoms with Crippen LogP contribution in [0, 0.1) is 0 Å². The summed E-state index contributed by atoms with van der Waals surface area (Å²) in [4.78, 5) is 15.9. The van der Waals surface area contributed by atoms with E-state index in [1.807, 2.05) is 0 Å². The van der Waals surface area contributed by atoms with Gasteiger partial charge in [0.05, 0.1) is 12.1 Å². The third-order valence-electron chi connectivity index (χ3n) is 3.09. The highest BCUT2D eigenvalue weighted by molar-refractivity contribution is 6.29. The van der Waals surface area contributed by atoms with E-state index in [-0.39, 0.29) is 0 Å². The van der Waals surface area contributed by atoms with E-state index in [1.54, 1.807) is 33.0 Å². The molecule has 110 valence electrons. The van der Waals surface area contributed by atoms with Crippen LogP contribution in [0.4, 0.5) is 4.79 Å². The summed E-state index contributed by atoms with van der Waals surface area (Å²) < 4.78 is 5.22. The molecule has 1 aliphatic carbocycles. The third kappa shape index (κ3) is 3.61. The second-order valence-electron chi connectivity index (χ2n) is 5.94. The fraction of sp³-hybridized carbons (Fsp3) is 0.571. The van der Waals surface area contributed by atoms with Crippen LogP contribution in [0.5, 0.6) is 0 Å². The number of nitrogens with one attached hydrogen (secondary N) is 1. The SMILES string of the molecule is CC(C)(C)OC(=O)N[C@H]1c2cnc(Cl)cc2CC[C@H]1O. The molecule has 1 aromatic heterocycles. The Morgan fingerprint density at radius 3 is 2.90 bits per heavy atom. The van der Waals surface area contributed by atoms with E-state index in [0.29, 0.717) is 18.0 Å². The zero-order chi connectivity index (χ0) is 14.9. The monoisotopic (exact) mass is 298 g/mol. The molecule has 2 atom stereocenters. The van der Waals surface area contributed by atoms with Crippen molar-refractivity contribution in [3.63, 3.8) is 0 Å². The maximum Gasteiger partial charge on any atom is 0.408 e. The Hall–Kier alpha value is -1.33. The lowest BCUT2D eigenvalue weighted by atomic mass is 9.87. The number of alkyl carbamates (subject to hydrolysis) is 1. The summed E-state index contributed by atoms with van der Waals surface area (Å²) in [6.45, 7) is 5.37. The van der Waals surface area contributed by atoms with Crippen molar-refractivity contribution >= 4 is 17.7 Å². The van der Waals surface area contributed by atoms with Gasteiger partial charge in [-0.3, -0.25) is 0 Å². The van der Waals surface area contributed by atoms with Crippen LogP contribution in [-0.4, -0.2) is 27.9 Å². The van der Waals surface area contributed by atoms with Gasteiger partial charge in [-0.05, 0) is 50.8 Å². The molecule has 0 spiro atoms. The fourth-order valence-corrected chi connectivity index (χ4v) is 2.44. The second-order valence-corrected chi connectivity index (χ2v) is 6.32. The number of nitrogens with zero attached hydrogens (tertiary/aromatic N) is 1. The molecule has 20 heavy (non-hydrogen) atoms. The Kier molecular flexibility index (Phi) is 4.20. The summed E-state index contributed by atoms with van der Waals surface area (Å²) in [5.74, 6) is 0. The number of pyridine rings is 1. The van der Waals surface area contributed by atoms with E-state index in [2.05, 4.69) is 10.3 Å². The number of aliphatic hydroxyl groups excluding tert-OH is 1. The summed E-state index contributed by atoms with van der Waals surface area (Å²) >= 11 is 5.87. The molecule has 1 aromatic rings. The maximum absolute atomic E-state index is 11.9. The van der Waals surface area contributed by atoms with E-state index >= 15 is 0 Å². The Morgan fingerprint density at radius 1 is 1.55 bits per heavy atom. The number of aromatic nitrogens is 1. The van der Waals surface area contributed by atoms with Crippen LogP contribution in [0.15, 0.2) is 12.3 Å². The fourth-order valence-electron chi connectivity index (χ4n) is 2.26. The summed E-state index contributed by atoms with van der Waals surface area (Å²) in [6.07, 6.45) is 1.67. The molecular formula is C14H19ClN2O3. The minimum absolute atomic E-state index is 0.413. The number of ether oxygens (including phenoxy) is 1. The quantitative estimate of drug-likeness (QED) is 0.782. The molecule has 1 heterocycles. The molecule has 1 amide bonds. The van der Waals surface area contributed by atoms with Crippen LogP contribution in [0.2, 0.25) is 5.15 Å². The van der Waals surface area contributed by atoms with Crippen molar-refractivity contribution < 1.29 is 14.6 Å². The highest BCUT2D eigenvalue weighted by atomic mass is 35.5. The molecule has 0 aromatic carbocycles. The highest BCUT2D eigenvalue weighted by Crippen LogP contribution is 2.31. The first-order valence-corrected chi connectivity index (χ1v) is 6.96. The third-order valence-corrected chi connectivity index (χ3v) is 3.30. The smallest absolute Gasteiger partial charge is 0.408 e. The number of carbonyl (C=O) groups excluding carboxylic acids is 1. The van der Waals surface area contributed by atoms with Gasteiger partial charge in [0.1, 0.15) is 10.8 Å². The molecule has 0 aliphatic heterocycles. The zero-order valence-electron chi connectivity index (χ0n) is 11.8. The van der Waals surface area contributed by atoms with Crippen LogP contribution in [0.3, 0.4) is 0 Å². The number of rotatable bonds is 1. The number of halogens is 1. The van der Waals surface area contributed by atoms with Crippen LogP contribution in [-0.2, 0) is 11.2 Å². The largest absolute Gasteiger partial charge is 0.444 e. The van der Waals surface area contributed by atoms with Crippen molar-refractivity contribution in [1.29, 1.82) is 0 Å². The molecule has 5 nitrogen and oxygen atoms in total. The van der Waals surface area contributed by atoms with Crippen molar-refractivity contribution in [2.45, 2.75) is 51.4 Å². The summed E-state index contributed by atoms with van der Waals surface area (Å²) in [7, 11) is 0. The van der Waals surface area contributed by atoms with Crippen molar-refractivity contribution in [3.05, 3.63) is 28.5 Å². The Balaban J connectivity index is 2.17. The average molecular weight is 299 g/mol. The van der Waals surface area contributed by atoms with Gasteiger partial charge in [-0.1, -0.05) is 11.6 Å². The molecular weight excluding hydrogens is 280 g/mol. The number of amides is 1. The molecule has 0 saturated carbocycles. The van der Waals surface area contributed by atoms with Gasteiger partial charge in [0.15, 0.2) is 0 Å². The van der Waals surface area contributed by atoms with Crippen LogP contribution in [0.25, 0.3) is 0 Å². The number of hydrogen-bond acceptors (Lipinski definition) is 4. The van der Waals surface area contributed by atoms with Gasteiger partial charge < -0.3 is 15.2 Å². The van der Waals surface area contributed by atoms with Crippen molar-refractivity contribution in [1.82, 2.24) is 10.3 Å². The van der Waals surface area contributed by atoms with Crippen molar-refractivity contribution in [2.24, 2.45) is 0 Å². The lowest BCUT2D eigenvalue weighted by Gasteiger charge is -2.31. The molecule has 2 rings (SSSR count). The van der Waals surface area contributed by atoms with E-state index in [1.165, 1.54) is 0 Å². The van der Waals surface area contributed by atoms with Crippen LogP contribution >= 0.6 is 11.6 Å². The molecule has 0 bridgehead atoms. The maximum atomic E-state index is 11.9. The molecule has 0 radical (unpaired) electrons. The summed E-state index contributed by atoms with van der Waals surface area (Å²) in [5, 5.41) is 13.2. The summed E-state index contributed by atoms with van der Waals surface area (Å²) in [6, 6.07) is 1.25. The van der Waals surface area contributed by atoms with Gasteiger partial charge in [0.25, 0.3) is 0 Å². The average Bonchev–Trinajstić information content (AvgIpc) is 2.30. The normalized spacial score (nSPS) is 22.1. The van der Waals surface area contributed by atoms with Gasteiger partial charge in [0, 0.05) is 6.20 Å². The minimum Gasteiger partial charge on any atom is -0.444 e. The second kappa shape index (κ2) is 5.58. The van der Waals surface area contributed by atoms with Crippen molar-refractivity contribution in [2.75, 3.05) is 0 Å². The van der Waals surface area contributed by atoms with Crippen LogP contribution in [0.1, 0.15) is 44.4 Å². The van der Waals surface area contributed by atoms with Gasteiger partial charge >= 0.3 is 6.09 Å². The highest BCUT2D eigenvalue weighted by Gasteiger charge is 2.31. The summed E-state index contributed by atoms with van der Waals surface area (Å²) in [5.41, 5.74) is 1.21. The lowest BCUT2D eigenvalue weighted by molar-refractivity contribution is 0.0399. The predicted octanol–water partition coefficient (Wildman–Crippen LogP) is 2.61. The first-order valence-electron chi connectivity index (χ1n) is 6.58. The molecule has 6 heteroatoms.